The van der Waals surface area contributed by atoms with Gasteiger partial charge in [-0.2, -0.15) is 0 Å². The van der Waals surface area contributed by atoms with Crippen molar-refractivity contribution in [2.45, 2.75) is 18.4 Å². The van der Waals surface area contributed by atoms with Crippen LogP contribution in [-0.4, -0.2) is 8.42 Å². The van der Waals surface area contributed by atoms with Crippen LogP contribution in [0.3, 0.4) is 0 Å². The van der Waals surface area contributed by atoms with Gasteiger partial charge in [-0.1, -0.05) is 15.9 Å². The van der Waals surface area contributed by atoms with E-state index in [1.54, 1.807) is 25.1 Å². The van der Waals surface area contributed by atoms with E-state index in [1.165, 1.54) is 11.3 Å². The lowest BCUT2D eigenvalue weighted by Gasteiger charge is -2.12. The van der Waals surface area contributed by atoms with E-state index < -0.39 is 10.0 Å². The molecule has 1 aromatic carbocycles. The highest BCUT2D eigenvalue weighted by Gasteiger charge is 2.22. The Kier molecular flexibility index (Phi) is 5.54. The van der Waals surface area contributed by atoms with E-state index in [0.717, 1.165) is 9.35 Å². The van der Waals surface area contributed by atoms with Gasteiger partial charge in [0.1, 0.15) is 4.90 Å². The summed E-state index contributed by atoms with van der Waals surface area (Å²) in [5, 5.41) is 0. The molecule has 2 aromatic rings. The quantitative estimate of drug-likeness (QED) is 0.621. The minimum Gasteiger partial charge on any atom is -0.326 e. The minimum absolute atomic E-state index is 0.259. The third-order valence-electron chi connectivity index (χ3n) is 2.66. The number of aryl methyl sites for hydroxylation is 1. The van der Waals surface area contributed by atoms with Crippen LogP contribution < -0.4 is 10.5 Å². The number of anilines is 1. The summed E-state index contributed by atoms with van der Waals surface area (Å²) in [6, 6.07) is 5.16. The zero-order valence-corrected chi connectivity index (χ0v) is 17.2. The van der Waals surface area contributed by atoms with Gasteiger partial charge in [0.2, 0.25) is 0 Å². The lowest BCUT2D eigenvalue weighted by atomic mass is 10.3. The first-order valence-electron chi connectivity index (χ1n) is 5.71. The molecule has 3 N–H and O–H groups in total. The van der Waals surface area contributed by atoms with Crippen LogP contribution in [0.5, 0.6) is 0 Å². The number of nitrogens with two attached hydrogens (primary N) is 1. The third-order valence-corrected chi connectivity index (χ3v) is 7.04. The second-order valence-corrected chi connectivity index (χ2v) is 9.80. The Hall–Kier alpha value is 0.0700. The van der Waals surface area contributed by atoms with E-state index in [2.05, 4.69) is 52.5 Å². The third kappa shape index (κ3) is 3.89. The molecule has 0 bridgehead atoms. The Morgan fingerprint density at radius 1 is 1.19 bits per heavy atom. The molecule has 0 aliphatic carbocycles. The fourth-order valence-corrected chi connectivity index (χ4v) is 7.06. The molecule has 0 saturated carbocycles. The second kappa shape index (κ2) is 6.67. The Labute approximate surface area is 152 Å². The van der Waals surface area contributed by atoms with Crippen LogP contribution >= 0.6 is 59.1 Å². The molecule has 0 amide bonds. The summed E-state index contributed by atoms with van der Waals surface area (Å²) in [4.78, 5) is 1.81. The number of benzene rings is 1. The van der Waals surface area contributed by atoms with Gasteiger partial charge in [-0.05, 0) is 57.0 Å². The summed E-state index contributed by atoms with van der Waals surface area (Å²) in [6.07, 6.45) is 0. The molecule has 9 heteroatoms. The van der Waals surface area contributed by atoms with Crippen molar-refractivity contribution >= 4 is 74.8 Å². The molecule has 0 atom stereocenters. The van der Waals surface area contributed by atoms with Gasteiger partial charge in [0.05, 0.1) is 5.69 Å². The monoisotopic (exact) mass is 516 g/mol. The predicted molar refractivity (Wildman–Crippen MR) is 97.3 cm³/mol. The summed E-state index contributed by atoms with van der Waals surface area (Å²) in [5.41, 5.74) is 6.02. The van der Waals surface area contributed by atoms with Crippen LogP contribution in [-0.2, 0) is 16.6 Å². The molecular formula is C12H11Br3N2O2S2. The fraction of sp³-hybridized carbons (Fsp3) is 0.167. The maximum Gasteiger partial charge on any atom is 0.263 e. The van der Waals surface area contributed by atoms with Gasteiger partial charge in [0.15, 0.2) is 0 Å². The Bertz CT molecular complexity index is 765. The molecule has 21 heavy (non-hydrogen) atoms. The molecule has 4 nitrogen and oxygen atoms in total. The molecule has 1 aromatic heterocycles. The number of hydrogen-bond acceptors (Lipinski definition) is 4. The van der Waals surface area contributed by atoms with Gasteiger partial charge >= 0.3 is 0 Å². The van der Waals surface area contributed by atoms with Gasteiger partial charge in [0, 0.05) is 29.7 Å². The van der Waals surface area contributed by atoms with Crippen molar-refractivity contribution in [3.63, 3.8) is 0 Å². The van der Waals surface area contributed by atoms with E-state index in [4.69, 9.17) is 5.73 Å². The van der Waals surface area contributed by atoms with Crippen molar-refractivity contribution in [2.75, 3.05) is 4.72 Å². The zero-order chi connectivity index (χ0) is 15.8. The first-order valence-corrected chi connectivity index (χ1v) is 10.4. The molecular weight excluding hydrogens is 508 g/mol. The molecule has 0 spiro atoms. The number of rotatable bonds is 4. The van der Waals surface area contributed by atoms with Crippen molar-refractivity contribution < 1.29 is 8.42 Å². The van der Waals surface area contributed by atoms with Crippen LogP contribution in [0.2, 0.25) is 0 Å². The highest BCUT2D eigenvalue weighted by atomic mass is 79.9. The SMILES string of the molecule is Cc1sc(CN)cc1S(=O)(=O)Nc1c(Br)cc(Br)cc1Br. The van der Waals surface area contributed by atoms with Crippen molar-refractivity contribution in [1.29, 1.82) is 0 Å². The Morgan fingerprint density at radius 3 is 2.24 bits per heavy atom. The Balaban J connectivity index is 2.44. The van der Waals surface area contributed by atoms with E-state index in [1.807, 2.05) is 0 Å². The molecule has 2 rings (SSSR count). The van der Waals surface area contributed by atoms with Gasteiger partial charge in [-0.15, -0.1) is 11.3 Å². The van der Waals surface area contributed by atoms with Crippen LogP contribution in [0, 0.1) is 6.92 Å². The molecule has 1 heterocycles. The number of hydrogen-bond donors (Lipinski definition) is 2. The van der Waals surface area contributed by atoms with E-state index in [9.17, 15) is 8.42 Å². The molecule has 114 valence electrons. The number of thiophene rings is 1. The number of halogens is 3. The van der Waals surface area contributed by atoms with E-state index in [-0.39, 0.29) is 4.90 Å². The summed E-state index contributed by atoms with van der Waals surface area (Å²) in [6.45, 7) is 2.09. The first-order chi connectivity index (χ1) is 9.74. The molecule has 0 aliphatic heterocycles. The number of sulfonamides is 1. The zero-order valence-electron chi connectivity index (χ0n) is 10.8. The van der Waals surface area contributed by atoms with Crippen molar-refractivity contribution in [2.24, 2.45) is 5.73 Å². The van der Waals surface area contributed by atoms with Gasteiger partial charge in [0.25, 0.3) is 10.0 Å². The molecule has 0 fully saturated rings. The normalized spacial score (nSPS) is 11.7. The highest BCUT2D eigenvalue weighted by Crippen LogP contribution is 2.36. The van der Waals surface area contributed by atoms with E-state index >= 15 is 0 Å². The lowest BCUT2D eigenvalue weighted by Crippen LogP contribution is -2.14. The van der Waals surface area contributed by atoms with Crippen LogP contribution in [0.15, 0.2) is 36.5 Å². The highest BCUT2D eigenvalue weighted by molar-refractivity contribution is 9.11. The molecule has 0 saturated heterocycles. The average Bonchev–Trinajstić information content (AvgIpc) is 2.76. The van der Waals surface area contributed by atoms with Gasteiger partial charge < -0.3 is 5.73 Å². The Morgan fingerprint density at radius 2 is 1.76 bits per heavy atom. The van der Waals surface area contributed by atoms with Crippen molar-refractivity contribution in [3.05, 3.63) is 41.4 Å². The van der Waals surface area contributed by atoms with Crippen LogP contribution in [0.1, 0.15) is 9.75 Å². The van der Waals surface area contributed by atoms with Crippen molar-refractivity contribution in [3.8, 4) is 0 Å². The summed E-state index contributed by atoms with van der Waals surface area (Å²) in [7, 11) is -3.66. The number of nitrogens with one attached hydrogen (secondary N) is 1. The van der Waals surface area contributed by atoms with Crippen molar-refractivity contribution in [1.82, 2.24) is 0 Å². The summed E-state index contributed by atoms with van der Waals surface area (Å²) < 4.78 is 29.8. The topological polar surface area (TPSA) is 72.2 Å². The van der Waals surface area contributed by atoms with Crippen LogP contribution in [0.4, 0.5) is 5.69 Å². The van der Waals surface area contributed by atoms with Crippen LogP contribution in [0.25, 0.3) is 0 Å². The predicted octanol–water partition coefficient (Wildman–Crippen LogP) is 4.60. The smallest absolute Gasteiger partial charge is 0.263 e. The molecule has 0 unspecified atom stereocenters. The maximum atomic E-state index is 12.5. The maximum absolute atomic E-state index is 12.5. The summed E-state index contributed by atoms with van der Waals surface area (Å²) in [5.74, 6) is 0. The molecule has 0 radical (unpaired) electrons. The molecule has 0 aliphatic rings. The minimum atomic E-state index is -3.66. The van der Waals surface area contributed by atoms with E-state index in [0.29, 0.717) is 26.1 Å². The lowest BCUT2D eigenvalue weighted by molar-refractivity contribution is 0.601. The fourth-order valence-electron chi connectivity index (χ4n) is 1.72. The average molecular weight is 519 g/mol. The first kappa shape index (κ1) is 17.4. The standard InChI is InChI=1S/C12H11Br3N2O2S2/c1-6-11(4-8(5-16)20-6)21(18,19)17-12-9(14)2-7(13)3-10(12)15/h2-4,17H,5,16H2,1H3. The largest absolute Gasteiger partial charge is 0.326 e. The van der Waals surface area contributed by atoms with Gasteiger partial charge in [-0.25, -0.2) is 8.42 Å². The second-order valence-electron chi connectivity index (χ2n) is 4.19. The summed E-state index contributed by atoms with van der Waals surface area (Å²) >= 11 is 11.4. The van der Waals surface area contributed by atoms with Gasteiger partial charge in [-0.3, -0.25) is 4.72 Å².